The molecular formula is C19H16N6O2. The minimum atomic E-state index is 0.644. The molecule has 134 valence electrons. The van der Waals surface area contributed by atoms with Crippen LogP contribution in [0.25, 0.3) is 22.9 Å². The first-order chi connectivity index (χ1) is 13.3. The first-order valence-corrected chi connectivity index (χ1v) is 8.67. The van der Waals surface area contributed by atoms with Crippen molar-refractivity contribution in [1.82, 2.24) is 30.0 Å². The van der Waals surface area contributed by atoms with Crippen LogP contribution in [0.2, 0.25) is 0 Å². The van der Waals surface area contributed by atoms with Gasteiger partial charge in [0.15, 0.2) is 11.6 Å². The molecule has 8 nitrogen and oxygen atoms in total. The summed E-state index contributed by atoms with van der Waals surface area (Å²) >= 11 is 0. The Morgan fingerprint density at radius 2 is 2.04 bits per heavy atom. The summed E-state index contributed by atoms with van der Waals surface area (Å²) in [6, 6.07) is 5.60. The van der Waals surface area contributed by atoms with E-state index in [9.17, 15) is 0 Å². The molecule has 27 heavy (non-hydrogen) atoms. The monoisotopic (exact) mass is 360 g/mol. The van der Waals surface area contributed by atoms with E-state index in [4.69, 9.17) is 13.9 Å². The molecule has 0 N–H and O–H groups in total. The van der Waals surface area contributed by atoms with E-state index < -0.39 is 0 Å². The van der Waals surface area contributed by atoms with Gasteiger partial charge in [0, 0.05) is 56.3 Å². The molecular weight excluding hydrogens is 344 g/mol. The topological polar surface area (TPSA) is 94.0 Å². The Hall–Kier alpha value is -3.39. The van der Waals surface area contributed by atoms with Gasteiger partial charge in [-0.05, 0) is 12.1 Å². The molecule has 0 unspecified atom stereocenters. The van der Waals surface area contributed by atoms with Gasteiger partial charge in [-0.3, -0.25) is 4.90 Å². The van der Waals surface area contributed by atoms with E-state index in [0.29, 0.717) is 23.9 Å². The molecule has 4 aromatic heterocycles. The van der Waals surface area contributed by atoms with Crippen molar-refractivity contribution in [3.8, 4) is 22.9 Å². The molecule has 8 heteroatoms. The maximum Gasteiger partial charge on any atom is 0.202 e. The molecule has 0 saturated heterocycles. The Balaban J connectivity index is 1.30. The summed E-state index contributed by atoms with van der Waals surface area (Å²) in [5, 5.41) is 4.15. The SMILES string of the molecule is c1coc(-c2cc(CN3CCc4nc(-c5cncnc5)ncc4C3)no2)c1. The summed E-state index contributed by atoms with van der Waals surface area (Å²) < 4.78 is 10.7. The van der Waals surface area contributed by atoms with Crippen molar-refractivity contribution in [3.05, 3.63) is 66.3 Å². The summed E-state index contributed by atoms with van der Waals surface area (Å²) in [5.41, 5.74) is 3.92. The van der Waals surface area contributed by atoms with Gasteiger partial charge in [-0.15, -0.1) is 0 Å². The van der Waals surface area contributed by atoms with Crippen LogP contribution >= 0.6 is 0 Å². The fourth-order valence-electron chi connectivity index (χ4n) is 3.21. The van der Waals surface area contributed by atoms with Crippen LogP contribution in [0.15, 0.2) is 58.3 Å². The van der Waals surface area contributed by atoms with Crippen LogP contribution < -0.4 is 0 Å². The summed E-state index contributed by atoms with van der Waals surface area (Å²) in [6.07, 6.45) is 9.33. The van der Waals surface area contributed by atoms with E-state index in [1.807, 2.05) is 24.4 Å². The van der Waals surface area contributed by atoms with Crippen molar-refractivity contribution < 1.29 is 8.94 Å². The minimum absolute atomic E-state index is 0.644. The number of aromatic nitrogens is 5. The minimum Gasteiger partial charge on any atom is -0.461 e. The molecule has 0 saturated carbocycles. The highest BCUT2D eigenvalue weighted by atomic mass is 16.5. The number of hydrogen-bond donors (Lipinski definition) is 0. The van der Waals surface area contributed by atoms with E-state index in [-0.39, 0.29) is 0 Å². The molecule has 0 aliphatic carbocycles. The maximum absolute atomic E-state index is 5.38. The lowest BCUT2D eigenvalue weighted by molar-refractivity contribution is 0.235. The van der Waals surface area contributed by atoms with E-state index in [0.717, 1.165) is 42.0 Å². The number of hydrogen-bond acceptors (Lipinski definition) is 8. The van der Waals surface area contributed by atoms with Crippen molar-refractivity contribution in [2.24, 2.45) is 0 Å². The molecule has 0 atom stereocenters. The van der Waals surface area contributed by atoms with Crippen molar-refractivity contribution in [2.45, 2.75) is 19.5 Å². The molecule has 0 radical (unpaired) electrons. The third-order valence-corrected chi connectivity index (χ3v) is 4.54. The van der Waals surface area contributed by atoms with Gasteiger partial charge in [0.25, 0.3) is 0 Å². The molecule has 0 aromatic carbocycles. The van der Waals surface area contributed by atoms with Gasteiger partial charge in [0.1, 0.15) is 6.33 Å². The van der Waals surface area contributed by atoms with Crippen molar-refractivity contribution in [2.75, 3.05) is 6.54 Å². The van der Waals surface area contributed by atoms with Crippen LogP contribution in [0.1, 0.15) is 17.0 Å². The van der Waals surface area contributed by atoms with Gasteiger partial charge >= 0.3 is 0 Å². The van der Waals surface area contributed by atoms with E-state index in [2.05, 4.69) is 25.0 Å². The van der Waals surface area contributed by atoms with Crippen molar-refractivity contribution >= 4 is 0 Å². The zero-order valence-corrected chi connectivity index (χ0v) is 14.4. The summed E-state index contributed by atoms with van der Waals surface area (Å²) in [6.45, 7) is 2.39. The normalized spacial score (nSPS) is 14.2. The predicted molar refractivity (Wildman–Crippen MR) is 95.1 cm³/mol. The van der Waals surface area contributed by atoms with Crippen LogP contribution in [0.5, 0.6) is 0 Å². The molecule has 0 fully saturated rings. The van der Waals surface area contributed by atoms with Crippen LogP contribution in [0.4, 0.5) is 0 Å². The van der Waals surface area contributed by atoms with Crippen LogP contribution in [-0.2, 0) is 19.5 Å². The van der Waals surface area contributed by atoms with E-state index in [1.54, 1.807) is 18.7 Å². The first-order valence-electron chi connectivity index (χ1n) is 8.67. The van der Waals surface area contributed by atoms with Gasteiger partial charge in [0.2, 0.25) is 5.76 Å². The Labute approximate surface area is 154 Å². The van der Waals surface area contributed by atoms with Crippen LogP contribution in [0, 0.1) is 0 Å². The lowest BCUT2D eigenvalue weighted by Crippen LogP contribution is -2.31. The summed E-state index contributed by atoms with van der Waals surface area (Å²) in [5.74, 6) is 2.00. The lowest BCUT2D eigenvalue weighted by atomic mass is 10.1. The average Bonchev–Trinajstić information content (AvgIpc) is 3.40. The van der Waals surface area contributed by atoms with Crippen LogP contribution in [0.3, 0.4) is 0 Å². The molecule has 5 rings (SSSR count). The van der Waals surface area contributed by atoms with E-state index >= 15 is 0 Å². The van der Waals surface area contributed by atoms with E-state index in [1.165, 1.54) is 6.33 Å². The zero-order valence-electron chi connectivity index (χ0n) is 14.4. The Bertz CT molecular complexity index is 1050. The average molecular weight is 360 g/mol. The third kappa shape index (κ3) is 3.22. The van der Waals surface area contributed by atoms with Crippen molar-refractivity contribution in [1.29, 1.82) is 0 Å². The lowest BCUT2D eigenvalue weighted by Gasteiger charge is -2.27. The predicted octanol–water partition coefficient (Wildman–Crippen LogP) is 2.74. The summed E-state index contributed by atoms with van der Waals surface area (Å²) in [7, 11) is 0. The first kappa shape index (κ1) is 15.8. The van der Waals surface area contributed by atoms with Crippen LogP contribution in [-0.4, -0.2) is 36.5 Å². The molecule has 0 amide bonds. The Morgan fingerprint density at radius 3 is 2.89 bits per heavy atom. The zero-order chi connectivity index (χ0) is 18.1. The highest BCUT2D eigenvalue weighted by Gasteiger charge is 2.20. The number of nitrogens with zero attached hydrogens (tertiary/aromatic N) is 6. The largest absolute Gasteiger partial charge is 0.461 e. The van der Waals surface area contributed by atoms with Gasteiger partial charge < -0.3 is 8.94 Å². The second-order valence-electron chi connectivity index (χ2n) is 6.41. The second-order valence-corrected chi connectivity index (χ2v) is 6.41. The number of furan rings is 1. The highest BCUT2D eigenvalue weighted by molar-refractivity contribution is 5.52. The fourth-order valence-corrected chi connectivity index (χ4v) is 3.21. The Morgan fingerprint density at radius 1 is 1.11 bits per heavy atom. The van der Waals surface area contributed by atoms with Gasteiger partial charge in [-0.2, -0.15) is 0 Å². The standard InChI is InChI=1S/C19H16N6O2/c1-2-17(26-5-1)18-6-15(24-27-18)11-25-4-3-16-14(10-25)9-22-19(23-16)13-7-20-12-21-8-13/h1-2,5-9,12H,3-4,10-11H2. The van der Waals surface area contributed by atoms with Gasteiger partial charge in [0.05, 0.1) is 23.2 Å². The second kappa shape index (κ2) is 6.73. The van der Waals surface area contributed by atoms with Crippen molar-refractivity contribution in [3.63, 3.8) is 0 Å². The smallest absolute Gasteiger partial charge is 0.202 e. The van der Waals surface area contributed by atoms with Gasteiger partial charge in [-0.1, -0.05) is 5.16 Å². The fraction of sp³-hybridized carbons (Fsp3) is 0.211. The number of rotatable bonds is 4. The number of fused-ring (bicyclic) bond motifs is 1. The molecule has 0 bridgehead atoms. The maximum atomic E-state index is 5.38. The molecule has 1 aliphatic rings. The quantitative estimate of drug-likeness (QED) is 0.548. The Kier molecular flexibility index (Phi) is 3.95. The molecule has 0 spiro atoms. The molecule has 4 aromatic rings. The third-order valence-electron chi connectivity index (χ3n) is 4.54. The molecule has 5 heterocycles. The summed E-state index contributed by atoms with van der Waals surface area (Å²) in [4.78, 5) is 19.5. The molecule has 1 aliphatic heterocycles. The highest BCUT2D eigenvalue weighted by Crippen LogP contribution is 2.24. The van der Waals surface area contributed by atoms with Gasteiger partial charge in [-0.25, -0.2) is 19.9 Å².